The first kappa shape index (κ1) is 129. The topological polar surface area (TPSA) is 436 Å². The summed E-state index contributed by atoms with van der Waals surface area (Å²) in [5, 5.41) is 20.3. The van der Waals surface area contributed by atoms with Crippen LogP contribution in [0.2, 0.25) is 0 Å². The molecule has 0 aliphatic carbocycles. The Kier molecular flexibility index (Phi) is 75.3. The molecule has 4 amide bonds. The number of hydrogen-bond donors (Lipinski definition) is 8. The summed E-state index contributed by atoms with van der Waals surface area (Å²) in [5.74, 6) is -1.71. The van der Waals surface area contributed by atoms with Crippen molar-refractivity contribution in [2.24, 2.45) is 17.2 Å². The van der Waals surface area contributed by atoms with Gasteiger partial charge in [0.05, 0.1) is 30.0 Å². The summed E-state index contributed by atoms with van der Waals surface area (Å²) in [6.07, 6.45) is 34.6. The van der Waals surface area contributed by atoms with Gasteiger partial charge in [-0.05, 0) is 257 Å². The van der Waals surface area contributed by atoms with E-state index >= 15 is 0 Å². The van der Waals surface area contributed by atoms with Crippen LogP contribution in [0.5, 0.6) is 0 Å². The molecule has 5 aromatic carbocycles. The van der Waals surface area contributed by atoms with Crippen molar-refractivity contribution in [1.29, 1.82) is 0 Å². The monoisotopic (exact) mass is 1980 g/mol. The number of nitrogens with two attached hydrogens (primary N) is 3. The van der Waals surface area contributed by atoms with Crippen molar-refractivity contribution in [3.05, 3.63) is 149 Å². The summed E-state index contributed by atoms with van der Waals surface area (Å²) in [6, 6.07) is 30.2. The number of unbranched alkanes of at least 4 members (excludes halogenated alkanes) is 18. The number of sulfonamides is 5. The second-order valence-corrected chi connectivity index (χ2v) is 42.3. The normalized spacial score (nSPS) is 11.4. The highest BCUT2D eigenvalue weighted by atomic mass is 32.2. The molecule has 766 valence electrons. The molecule has 29 nitrogen and oxygen atoms in total. The summed E-state index contributed by atoms with van der Waals surface area (Å²) in [6.45, 7) is 37.4. The first-order valence-electron chi connectivity index (χ1n) is 49.5. The molecule has 34 heteroatoms. The Morgan fingerprint density at radius 3 is 0.522 bits per heavy atom. The van der Waals surface area contributed by atoms with Crippen molar-refractivity contribution in [2.45, 2.75) is 333 Å². The molecule has 11 N–H and O–H groups in total. The SMILES string of the molecule is CC=O.CCCCCCCN.CCCCCCCNC(=O)c1ccc(S(=O)(=O)N(CCC)CCC)cc1.CCCCCCCNC(=O)c1ccc(S(=O)(=O)N(CCC)CCC)cc1.CCCN(CCC)S(=O)(=O)c1ccc(C(=O)NCCCCCCN)cc1.CCCN(CCC)S(=O)(=O)c1ccc(C(=O)NCCCCCCN)cc1.CCCN(CCC)S(=O)(=O)c1ccc(C(=O)O)cc1. The number of hydrogen-bond acceptors (Lipinski definition) is 19. The molecule has 5 aromatic rings. The molecule has 0 bridgehead atoms. The average molecular weight is 1980 g/mol. The molecule has 0 saturated carbocycles. The van der Waals surface area contributed by atoms with Gasteiger partial charge < -0.3 is 48.4 Å². The number of carboxylic acid groups (broad SMARTS) is 1. The molecular weight excluding hydrogens is 1800 g/mol. The maximum atomic E-state index is 12.7. The predicted molar refractivity (Wildman–Crippen MR) is 547 cm³/mol. The molecule has 0 aromatic heterocycles. The maximum absolute atomic E-state index is 12.7. The number of aldehydes is 1. The van der Waals surface area contributed by atoms with E-state index in [0.29, 0.717) is 127 Å². The highest BCUT2D eigenvalue weighted by molar-refractivity contribution is 7.90. The third kappa shape index (κ3) is 52.9. The lowest BCUT2D eigenvalue weighted by Gasteiger charge is -2.21. The van der Waals surface area contributed by atoms with Gasteiger partial charge in [0.2, 0.25) is 50.1 Å². The Balaban J connectivity index is 0. The number of aromatic carboxylic acids is 1. The van der Waals surface area contributed by atoms with Crippen LogP contribution in [-0.4, -0.2) is 216 Å². The lowest BCUT2D eigenvalue weighted by Crippen LogP contribution is -2.32. The number of nitrogens with zero attached hydrogens (tertiary/aromatic N) is 5. The standard InChI is InChI=1S/2C20H34N2O3S.2C19H33N3O3S.C13H19NO4S.C7H17N.C2H4O/c2*1-4-7-8-9-10-15-21-20(23)18-11-13-19(14-12-18)26(24,25)22(16-5-2)17-6-3;2*1-3-15-22(16-4-2)26(24,25)18-11-9-17(10-12-18)19(23)21-14-8-6-5-7-13-20;1-3-9-14(10-4-2)19(17,18)12-7-5-11(6-8-12)13(15)16;1-2-3-4-5-6-7-8;1-2-3/h2*11-14H,4-10,15-17H2,1-3H3,(H,21,23);2*9-12H,3-8,13-16,20H2,1-2H3,(H,21,23);5-8H,3-4,9-10H2,1-2H3,(H,15,16);2-8H2,1H3;2H,1H3. The van der Waals surface area contributed by atoms with Gasteiger partial charge in [0.15, 0.2) is 0 Å². The minimum Gasteiger partial charge on any atom is -0.478 e. The van der Waals surface area contributed by atoms with Crippen LogP contribution in [-0.2, 0) is 54.9 Å². The van der Waals surface area contributed by atoms with Crippen molar-refractivity contribution in [2.75, 3.05) is 111 Å². The van der Waals surface area contributed by atoms with Crippen LogP contribution in [0.15, 0.2) is 146 Å². The van der Waals surface area contributed by atoms with Crippen LogP contribution in [0.25, 0.3) is 0 Å². The second kappa shape index (κ2) is 78.5. The molecule has 0 heterocycles. The van der Waals surface area contributed by atoms with Gasteiger partial charge in [0.25, 0.3) is 23.6 Å². The van der Waals surface area contributed by atoms with E-state index in [0.717, 1.165) is 154 Å². The number of carbonyl (C=O) groups excluding carboxylic acids is 5. The smallest absolute Gasteiger partial charge is 0.335 e. The van der Waals surface area contributed by atoms with Crippen molar-refractivity contribution < 1.29 is 76.0 Å². The van der Waals surface area contributed by atoms with Crippen molar-refractivity contribution in [1.82, 2.24) is 42.8 Å². The zero-order valence-corrected chi connectivity index (χ0v) is 88.1. The van der Waals surface area contributed by atoms with E-state index in [1.807, 2.05) is 69.2 Å². The molecule has 0 fully saturated rings. The molecule has 0 aliphatic heterocycles. The molecule has 0 aliphatic rings. The molecule has 134 heavy (non-hydrogen) atoms. The molecule has 0 saturated heterocycles. The van der Waals surface area contributed by atoms with Crippen molar-refractivity contribution in [3.63, 3.8) is 0 Å². The lowest BCUT2D eigenvalue weighted by molar-refractivity contribution is -0.106. The molecule has 0 atom stereocenters. The summed E-state index contributed by atoms with van der Waals surface area (Å²) < 4.78 is 134. The fraction of sp³-hybridized carbons (Fsp3) is 0.640. The van der Waals surface area contributed by atoms with Gasteiger partial charge >= 0.3 is 5.97 Å². The summed E-state index contributed by atoms with van der Waals surface area (Å²) >= 11 is 0. The molecule has 0 unspecified atom stereocenters. The van der Waals surface area contributed by atoms with Gasteiger partial charge in [-0.15, -0.1) is 0 Å². The minimum atomic E-state index is -3.53. The van der Waals surface area contributed by atoms with Crippen LogP contribution in [0.3, 0.4) is 0 Å². The zero-order valence-electron chi connectivity index (χ0n) is 84.0. The van der Waals surface area contributed by atoms with E-state index in [1.54, 1.807) is 48.5 Å². The number of carbonyl (C=O) groups is 6. The molecule has 0 radical (unpaired) electrons. The lowest BCUT2D eigenvalue weighted by atomic mass is 10.1. The van der Waals surface area contributed by atoms with Crippen LogP contribution in [0, 0.1) is 0 Å². The van der Waals surface area contributed by atoms with Gasteiger partial charge in [-0.1, -0.05) is 193 Å². The van der Waals surface area contributed by atoms with E-state index in [2.05, 4.69) is 42.0 Å². The Morgan fingerprint density at radius 2 is 0.388 bits per heavy atom. The first-order valence-corrected chi connectivity index (χ1v) is 56.7. The molecular formula is C100H174N12O17S5. The fourth-order valence-corrected chi connectivity index (χ4v) is 21.7. The van der Waals surface area contributed by atoms with Crippen LogP contribution < -0.4 is 38.5 Å². The predicted octanol–water partition coefficient (Wildman–Crippen LogP) is 18.2. The summed E-state index contributed by atoms with van der Waals surface area (Å²) in [5.41, 5.74) is 18.2. The van der Waals surface area contributed by atoms with E-state index in [9.17, 15) is 66.1 Å². The van der Waals surface area contributed by atoms with Gasteiger partial charge in [0.1, 0.15) is 6.29 Å². The van der Waals surface area contributed by atoms with E-state index in [-0.39, 0.29) is 53.7 Å². The number of carboxylic acids is 1. The number of nitrogens with one attached hydrogen (secondary N) is 4. The number of benzene rings is 5. The Hall–Kier alpha value is -7.45. The quantitative estimate of drug-likeness (QED) is 0.0132. The van der Waals surface area contributed by atoms with Gasteiger partial charge in [-0.25, -0.2) is 46.9 Å². The van der Waals surface area contributed by atoms with Crippen LogP contribution in [0.4, 0.5) is 0 Å². The highest BCUT2D eigenvalue weighted by Crippen LogP contribution is 2.24. The van der Waals surface area contributed by atoms with Gasteiger partial charge in [-0.3, -0.25) is 19.2 Å². The van der Waals surface area contributed by atoms with Crippen molar-refractivity contribution in [3.8, 4) is 0 Å². The largest absolute Gasteiger partial charge is 0.478 e. The van der Waals surface area contributed by atoms with E-state index in [4.69, 9.17) is 27.1 Å². The maximum Gasteiger partial charge on any atom is 0.335 e. The van der Waals surface area contributed by atoms with E-state index < -0.39 is 56.1 Å². The highest BCUT2D eigenvalue weighted by Gasteiger charge is 2.29. The van der Waals surface area contributed by atoms with Crippen molar-refractivity contribution >= 4 is 86.0 Å². The van der Waals surface area contributed by atoms with Crippen LogP contribution in [0.1, 0.15) is 361 Å². The Labute approximate surface area is 810 Å². The Morgan fingerprint density at radius 1 is 0.246 bits per heavy atom. The van der Waals surface area contributed by atoms with Gasteiger partial charge in [-0.2, -0.15) is 21.5 Å². The number of rotatable bonds is 64. The molecule has 5 rings (SSSR count). The minimum absolute atomic E-state index is 0.0801. The first-order chi connectivity index (χ1) is 64.1. The number of amides is 4. The third-order valence-electron chi connectivity index (χ3n) is 20.8. The average Bonchev–Trinajstić information content (AvgIpc) is 0.829. The third-order valence-corrected chi connectivity index (χ3v) is 30.3. The van der Waals surface area contributed by atoms with E-state index in [1.165, 1.54) is 172 Å². The summed E-state index contributed by atoms with van der Waals surface area (Å²) in [7, 11) is -17.5. The van der Waals surface area contributed by atoms with Crippen LogP contribution >= 0.6 is 0 Å². The Bertz CT molecular complexity index is 4010. The second-order valence-electron chi connectivity index (χ2n) is 32.6. The zero-order chi connectivity index (χ0) is 101. The summed E-state index contributed by atoms with van der Waals surface area (Å²) in [4.78, 5) is 69.3. The van der Waals surface area contributed by atoms with Gasteiger partial charge in [0, 0.05) is 114 Å². The fourth-order valence-electron chi connectivity index (χ4n) is 13.5. The molecule has 0 spiro atoms.